The number of rotatable bonds is 9. The van der Waals surface area contributed by atoms with Crippen molar-refractivity contribution in [3.05, 3.63) is 48.0 Å². The lowest BCUT2D eigenvalue weighted by Crippen LogP contribution is -1.83. The minimum absolute atomic E-state index is 1.11. The van der Waals surface area contributed by atoms with E-state index in [9.17, 15) is 0 Å². The van der Waals surface area contributed by atoms with Crippen molar-refractivity contribution in [3.8, 4) is 0 Å². The van der Waals surface area contributed by atoms with E-state index >= 15 is 0 Å². The van der Waals surface area contributed by atoms with Gasteiger partial charge >= 0.3 is 0 Å². The lowest BCUT2D eigenvalue weighted by atomic mass is 10.0. The smallest absolute Gasteiger partial charge is 0.00729 e. The molecule has 0 aliphatic rings. The first-order valence-electron chi connectivity index (χ1n) is 9.63. The summed E-state index contributed by atoms with van der Waals surface area (Å²) in [4.78, 5) is 0. The largest absolute Gasteiger partial charge is 0.165 e. The van der Waals surface area contributed by atoms with Crippen LogP contribution in [0.25, 0.3) is 11.6 Å². The Hall–Kier alpha value is -0.950. The van der Waals surface area contributed by atoms with Crippen LogP contribution in [0.15, 0.2) is 36.9 Å². The lowest BCUT2D eigenvalue weighted by molar-refractivity contribution is 0.825. The molecular formula is C23H40S. The minimum atomic E-state index is 1.11. The van der Waals surface area contributed by atoms with Gasteiger partial charge in [-0.15, -0.1) is 0 Å². The van der Waals surface area contributed by atoms with E-state index < -0.39 is 0 Å². The normalized spacial score (nSPS) is 9.75. The number of benzene rings is 1. The predicted molar refractivity (Wildman–Crippen MR) is 119 cm³/mol. The standard InChI is InChI=1S/C17H24.C4H10S.C2H6/c1-4-6-8-10-16-11-13-17(14-12-16)15(3)9-7-5-2;1-3-4-5-2;1-2/h8,10-14H,3-7,9H2,1-2H3;3-4H2,1-2H3;1-2H3/b10-8+;;. The third kappa shape index (κ3) is 14.6. The summed E-state index contributed by atoms with van der Waals surface area (Å²) in [7, 11) is 0. The van der Waals surface area contributed by atoms with Crippen molar-refractivity contribution in [1.82, 2.24) is 0 Å². The maximum absolute atomic E-state index is 4.15. The molecule has 0 fully saturated rings. The van der Waals surface area contributed by atoms with Gasteiger partial charge in [0.05, 0.1) is 0 Å². The second-order valence-electron chi connectivity index (χ2n) is 5.51. The number of thioether (sulfide) groups is 1. The van der Waals surface area contributed by atoms with Crippen molar-refractivity contribution in [2.45, 2.75) is 73.1 Å². The predicted octanol–water partition coefficient (Wildman–Crippen LogP) is 8.49. The molecule has 1 rings (SSSR count). The fourth-order valence-electron chi connectivity index (χ4n) is 1.95. The van der Waals surface area contributed by atoms with Gasteiger partial charge in [0.1, 0.15) is 0 Å². The summed E-state index contributed by atoms with van der Waals surface area (Å²) in [6.45, 7) is 14.8. The Labute approximate surface area is 156 Å². The molecule has 24 heavy (non-hydrogen) atoms. The zero-order valence-electron chi connectivity index (χ0n) is 17.0. The fourth-order valence-corrected chi connectivity index (χ4v) is 2.36. The van der Waals surface area contributed by atoms with Gasteiger partial charge in [0.25, 0.3) is 0 Å². The third-order valence-electron chi connectivity index (χ3n) is 3.32. The number of hydrogen-bond acceptors (Lipinski definition) is 1. The third-order valence-corrected chi connectivity index (χ3v) is 4.14. The summed E-state index contributed by atoms with van der Waals surface area (Å²) in [5.41, 5.74) is 3.83. The van der Waals surface area contributed by atoms with E-state index in [-0.39, 0.29) is 0 Å². The van der Waals surface area contributed by atoms with Crippen LogP contribution in [0, 0.1) is 0 Å². The molecule has 0 unspecified atom stereocenters. The first kappa shape index (κ1) is 25.3. The van der Waals surface area contributed by atoms with Gasteiger partial charge < -0.3 is 0 Å². The molecule has 138 valence electrons. The highest BCUT2D eigenvalue weighted by Crippen LogP contribution is 2.19. The van der Waals surface area contributed by atoms with Crippen LogP contribution < -0.4 is 0 Å². The second-order valence-corrected chi connectivity index (χ2v) is 6.50. The molecule has 0 aromatic heterocycles. The molecule has 0 radical (unpaired) electrons. The molecule has 0 saturated carbocycles. The molecule has 1 aromatic carbocycles. The molecule has 0 amide bonds. The van der Waals surface area contributed by atoms with Crippen LogP contribution in [0.4, 0.5) is 0 Å². The van der Waals surface area contributed by atoms with Gasteiger partial charge in [-0.1, -0.05) is 90.5 Å². The topological polar surface area (TPSA) is 0 Å². The monoisotopic (exact) mass is 348 g/mol. The van der Waals surface area contributed by atoms with Gasteiger partial charge in [-0.2, -0.15) is 11.8 Å². The molecular weight excluding hydrogens is 308 g/mol. The van der Waals surface area contributed by atoms with Gasteiger partial charge in [0, 0.05) is 0 Å². The summed E-state index contributed by atoms with van der Waals surface area (Å²) in [6, 6.07) is 8.73. The molecule has 0 aliphatic heterocycles. The van der Waals surface area contributed by atoms with Crippen LogP contribution in [0.1, 0.15) is 84.3 Å². The Morgan fingerprint density at radius 3 is 2.04 bits per heavy atom. The van der Waals surface area contributed by atoms with E-state index in [1.807, 2.05) is 25.6 Å². The summed E-state index contributed by atoms with van der Waals surface area (Å²) >= 11 is 1.90. The quantitative estimate of drug-likeness (QED) is 0.431. The van der Waals surface area contributed by atoms with Crippen molar-refractivity contribution in [1.29, 1.82) is 0 Å². The molecule has 0 nitrogen and oxygen atoms in total. The molecule has 0 aliphatic carbocycles. The van der Waals surface area contributed by atoms with Gasteiger partial charge in [-0.3, -0.25) is 0 Å². The number of unbranched alkanes of at least 4 members (excludes halogenated alkanes) is 2. The SMILES string of the molecule is C=C(CCCC)c1ccc(/C=C/CCC)cc1.CC.CCCSC. The molecule has 0 spiro atoms. The molecule has 0 N–H and O–H groups in total. The summed E-state index contributed by atoms with van der Waals surface area (Å²) in [5.74, 6) is 1.31. The van der Waals surface area contributed by atoms with Crippen molar-refractivity contribution >= 4 is 23.4 Å². The Balaban J connectivity index is 0. The molecule has 0 atom stereocenters. The number of allylic oxidation sites excluding steroid dienone is 2. The van der Waals surface area contributed by atoms with Crippen molar-refractivity contribution in [2.75, 3.05) is 12.0 Å². The van der Waals surface area contributed by atoms with Gasteiger partial charge in [0.2, 0.25) is 0 Å². The summed E-state index contributed by atoms with van der Waals surface area (Å²) < 4.78 is 0. The first-order valence-corrected chi connectivity index (χ1v) is 11.0. The Bertz CT molecular complexity index is 399. The molecule has 1 heteroatoms. The van der Waals surface area contributed by atoms with Crippen molar-refractivity contribution < 1.29 is 0 Å². The van der Waals surface area contributed by atoms with Gasteiger partial charge in [0.15, 0.2) is 0 Å². The van der Waals surface area contributed by atoms with Crippen LogP contribution in [0.3, 0.4) is 0 Å². The zero-order chi connectivity index (χ0) is 18.6. The lowest BCUT2D eigenvalue weighted by Gasteiger charge is -2.05. The average Bonchev–Trinajstić information content (AvgIpc) is 2.63. The van der Waals surface area contributed by atoms with E-state index in [2.05, 4.69) is 70.0 Å². The highest BCUT2D eigenvalue weighted by atomic mass is 32.2. The highest BCUT2D eigenvalue weighted by Gasteiger charge is 1.97. The van der Waals surface area contributed by atoms with E-state index in [4.69, 9.17) is 0 Å². The van der Waals surface area contributed by atoms with Gasteiger partial charge in [-0.05, 0) is 54.4 Å². The van der Waals surface area contributed by atoms with Crippen molar-refractivity contribution in [3.63, 3.8) is 0 Å². The summed E-state index contributed by atoms with van der Waals surface area (Å²) in [6.07, 6.45) is 13.8. The van der Waals surface area contributed by atoms with Crippen molar-refractivity contribution in [2.24, 2.45) is 0 Å². The Morgan fingerprint density at radius 2 is 1.62 bits per heavy atom. The average molecular weight is 349 g/mol. The molecule has 0 heterocycles. The maximum Gasteiger partial charge on any atom is -0.00729 e. The molecule has 1 aromatic rings. The number of hydrogen-bond donors (Lipinski definition) is 0. The Kier molecular flexibility index (Phi) is 21.2. The van der Waals surface area contributed by atoms with E-state index in [0.717, 1.165) is 12.8 Å². The first-order chi connectivity index (χ1) is 11.7. The highest BCUT2D eigenvalue weighted by molar-refractivity contribution is 7.98. The van der Waals surface area contributed by atoms with E-state index in [1.54, 1.807) is 0 Å². The summed E-state index contributed by atoms with van der Waals surface area (Å²) in [5, 5.41) is 0. The van der Waals surface area contributed by atoms with E-state index in [0.29, 0.717) is 0 Å². The Morgan fingerprint density at radius 1 is 1.00 bits per heavy atom. The van der Waals surface area contributed by atoms with Crippen LogP contribution in [0.5, 0.6) is 0 Å². The van der Waals surface area contributed by atoms with Crippen LogP contribution in [0.2, 0.25) is 0 Å². The molecule has 0 saturated heterocycles. The van der Waals surface area contributed by atoms with E-state index in [1.165, 1.54) is 48.1 Å². The van der Waals surface area contributed by atoms with Crippen LogP contribution in [-0.4, -0.2) is 12.0 Å². The zero-order valence-corrected chi connectivity index (χ0v) is 17.8. The molecule has 0 bridgehead atoms. The second kappa shape index (κ2) is 20.1. The van der Waals surface area contributed by atoms with Crippen LogP contribution >= 0.6 is 11.8 Å². The maximum atomic E-state index is 4.15. The fraction of sp³-hybridized carbons (Fsp3) is 0.565. The van der Waals surface area contributed by atoms with Crippen LogP contribution in [-0.2, 0) is 0 Å². The minimum Gasteiger partial charge on any atom is -0.165 e. The van der Waals surface area contributed by atoms with Gasteiger partial charge in [-0.25, -0.2) is 0 Å².